The van der Waals surface area contributed by atoms with Gasteiger partial charge in [-0.05, 0) is 41.9 Å². The van der Waals surface area contributed by atoms with Gasteiger partial charge in [0.05, 0.1) is 19.9 Å². The second-order valence-corrected chi connectivity index (χ2v) is 4.97. The van der Waals surface area contributed by atoms with E-state index in [0.29, 0.717) is 29.1 Å². The van der Waals surface area contributed by atoms with E-state index in [0.717, 1.165) is 5.56 Å². The number of nitrogens with one attached hydrogen (secondary N) is 2. The number of benzene rings is 1. The topological polar surface area (TPSA) is 54.9 Å². The fraction of sp³-hybridized carbons (Fsp3) is 0.429. The molecule has 0 saturated carbocycles. The first kappa shape index (κ1) is 16.2. The molecule has 0 atom stereocenters. The van der Waals surface area contributed by atoms with Gasteiger partial charge in [0, 0.05) is 7.05 Å². The van der Waals surface area contributed by atoms with Crippen LogP contribution in [-0.4, -0.2) is 32.1 Å². The Bertz CT molecular complexity index is 475. The van der Waals surface area contributed by atoms with Gasteiger partial charge in [0.15, 0.2) is 16.6 Å². The fourth-order valence-corrected chi connectivity index (χ4v) is 1.42. The molecule has 0 saturated heterocycles. The first-order valence-electron chi connectivity index (χ1n) is 6.38. The number of methoxy groups -OCH3 is 1. The smallest absolute Gasteiger partial charge is 0.186 e. The summed E-state index contributed by atoms with van der Waals surface area (Å²) in [7, 11) is 3.36. The summed E-state index contributed by atoms with van der Waals surface area (Å²) in [6, 6.07) is 5.64. The van der Waals surface area contributed by atoms with E-state index in [1.54, 1.807) is 20.4 Å². The van der Waals surface area contributed by atoms with Crippen LogP contribution in [0.15, 0.2) is 23.3 Å². The predicted molar refractivity (Wildman–Crippen MR) is 85.7 cm³/mol. The number of thiocarbonyl (C=S) groups is 1. The first-order valence-corrected chi connectivity index (χ1v) is 6.79. The summed E-state index contributed by atoms with van der Waals surface area (Å²) in [5, 5.41) is 7.27. The molecule has 1 aromatic carbocycles. The molecule has 0 heterocycles. The molecular formula is C14H21N3O2S. The quantitative estimate of drug-likeness (QED) is 0.478. The number of hydrogen-bond donors (Lipinski definition) is 2. The Morgan fingerprint density at radius 1 is 1.40 bits per heavy atom. The Labute approximate surface area is 125 Å². The van der Waals surface area contributed by atoms with Gasteiger partial charge in [-0.15, -0.1) is 0 Å². The van der Waals surface area contributed by atoms with E-state index in [9.17, 15) is 0 Å². The molecule has 0 fully saturated rings. The van der Waals surface area contributed by atoms with E-state index in [4.69, 9.17) is 21.7 Å². The summed E-state index contributed by atoms with van der Waals surface area (Å²) in [6.45, 7) is 4.83. The first-order chi connectivity index (χ1) is 9.56. The Kier molecular flexibility index (Phi) is 6.79. The molecule has 0 aliphatic carbocycles. The van der Waals surface area contributed by atoms with Gasteiger partial charge in [-0.25, -0.2) is 0 Å². The molecule has 1 aromatic rings. The molecule has 0 unspecified atom stereocenters. The van der Waals surface area contributed by atoms with Crippen LogP contribution in [0.5, 0.6) is 11.5 Å². The number of nitrogens with zero attached hydrogens (tertiary/aromatic N) is 1. The van der Waals surface area contributed by atoms with Crippen molar-refractivity contribution in [3.8, 4) is 11.5 Å². The van der Waals surface area contributed by atoms with Crippen LogP contribution in [0.4, 0.5) is 0 Å². The maximum absolute atomic E-state index is 5.73. The van der Waals surface area contributed by atoms with Crippen LogP contribution >= 0.6 is 12.2 Å². The zero-order valence-electron chi connectivity index (χ0n) is 12.3. The van der Waals surface area contributed by atoms with Crippen molar-refractivity contribution < 1.29 is 9.47 Å². The Balaban J connectivity index is 2.78. The van der Waals surface area contributed by atoms with Crippen LogP contribution < -0.4 is 20.2 Å². The van der Waals surface area contributed by atoms with Gasteiger partial charge in [0.2, 0.25) is 0 Å². The maximum atomic E-state index is 5.73. The van der Waals surface area contributed by atoms with E-state index in [2.05, 4.69) is 29.7 Å². The Hall–Kier alpha value is -1.82. The molecule has 0 aliphatic heterocycles. The van der Waals surface area contributed by atoms with Crippen molar-refractivity contribution in [1.29, 1.82) is 0 Å². The van der Waals surface area contributed by atoms with Crippen molar-refractivity contribution >= 4 is 23.5 Å². The van der Waals surface area contributed by atoms with Gasteiger partial charge in [-0.3, -0.25) is 5.43 Å². The molecule has 0 aliphatic rings. The van der Waals surface area contributed by atoms with E-state index in [-0.39, 0.29) is 0 Å². The van der Waals surface area contributed by atoms with Gasteiger partial charge in [0.25, 0.3) is 0 Å². The lowest BCUT2D eigenvalue weighted by molar-refractivity contribution is 0.257. The molecule has 0 amide bonds. The molecule has 0 aromatic heterocycles. The molecule has 20 heavy (non-hydrogen) atoms. The minimum atomic E-state index is 0.451. The SMILES string of the molecule is CNC(=S)N/N=C/c1ccc(OC)c(OCC(C)C)c1. The van der Waals surface area contributed by atoms with E-state index >= 15 is 0 Å². The summed E-state index contributed by atoms with van der Waals surface area (Å²) in [5.41, 5.74) is 3.60. The Morgan fingerprint density at radius 2 is 2.15 bits per heavy atom. The highest BCUT2D eigenvalue weighted by Gasteiger charge is 2.06. The van der Waals surface area contributed by atoms with Crippen molar-refractivity contribution in [1.82, 2.24) is 10.7 Å². The van der Waals surface area contributed by atoms with E-state index in [1.807, 2.05) is 18.2 Å². The average Bonchev–Trinajstić information content (AvgIpc) is 2.45. The lowest BCUT2D eigenvalue weighted by atomic mass is 10.2. The summed E-state index contributed by atoms with van der Waals surface area (Å²) in [6.07, 6.45) is 1.67. The fourth-order valence-electron chi connectivity index (χ4n) is 1.36. The second kappa shape index (κ2) is 8.37. The summed E-state index contributed by atoms with van der Waals surface area (Å²) in [5.74, 6) is 1.87. The van der Waals surface area contributed by atoms with Crippen molar-refractivity contribution in [3.05, 3.63) is 23.8 Å². The summed E-state index contributed by atoms with van der Waals surface area (Å²) >= 11 is 4.93. The van der Waals surface area contributed by atoms with Crippen molar-refractivity contribution in [3.63, 3.8) is 0 Å². The average molecular weight is 295 g/mol. The lowest BCUT2D eigenvalue weighted by Gasteiger charge is -2.12. The van der Waals surface area contributed by atoms with Crippen molar-refractivity contribution in [2.75, 3.05) is 20.8 Å². The predicted octanol–water partition coefficient (Wildman–Crippen LogP) is 2.16. The molecule has 110 valence electrons. The third kappa shape index (κ3) is 5.44. The maximum Gasteiger partial charge on any atom is 0.186 e. The summed E-state index contributed by atoms with van der Waals surface area (Å²) in [4.78, 5) is 0. The standard InChI is InChI=1S/C14H21N3O2S/c1-10(2)9-19-13-7-11(5-6-12(13)18-4)8-16-17-14(20)15-3/h5-8,10H,9H2,1-4H3,(H2,15,17,20)/b16-8+. The third-order valence-electron chi connectivity index (χ3n) is 2.37. The molecule has 6 heteroatoms. The zero-order chi connectivity index (χ0) is 15.0. The second-order valence-electron chi connectivity index (χ2n) is 4.56. The van der Waals surface area contributed by atoms with Gasteiger partial charge < -0.3 is 14.8 Å². The monoisotopic (exact) mass is 295 g/mol. The van der Waals surface area contributed by atoms with Gasteiger partial charge in [0.1, 0.15) is 0 Å². The number of ether oxygens (including phenoxy) is 2. The zero-order valence-corrected chi connectivity index (χ0v) is 13.1. The Morgan fingerprint density at radius 3 is 2.75 bits per heavy atom. The van der Waals surface area contributed by atoms with E-state index in [1.165, 1.54) is 0 Å². The minimum absolute atomic E-state index is 0.451. The van der Waals surface area contributed by atoms with Crippen molar-refractivity contribution in [2.45, 2.75) is 13.8 Å². The minimum Gasteiger partial charge on any atom is -0.493 e. The van der Waals surface area contributed by atoms with Crippen molar-refractivity contribution in [2.24, 2.45) is 11.0 Å². The highest BCUT2D eigenvalue weighted by atomic mass is 32.1. The van der Waals surface area contributed by atoms with Crippen LogP contribution in [0.1, 0.15) is 19.4 Å². The van der Waals surface area contributed by atoms with Crippen LogP contribution in [-0.2, 0) is 0 Å². The molecule has 0 spiro atoms. The number of rotatable bonds is 6. The third-order valence-corrected chi connectivity index (χ3v) is 2.66. The highest BCUT2D eigenvalue weighted by Crippen LogP contribution is 2.27. The van der Waals surface area contributed by atoms with Crippen LogP contribution in [0.3, 0.4) is 0 Å². The number of hydrogen-bond acceptors (Lipinski definition) is 4. The molecule has 0 bridgehead atoms. The molecule has 0 radical (unpaired) electrons. The van der Waals surface area contributed by atoms with Gasteiger partial charge in [-0.1, -0.05) is 13.8 Å². The van der Waals surface area contributed by atoms with Crippen LogP contribution in [0.2, 0.25) is 0 Å². The molecule has 2 N–H and O–H groups in total. The highest BCUT2D eigenvalue weighted by molar-refractivity contribution is 7.80. The normalized spacial score (nSPS) is 10.7. The van der Waals surface area contributed by atoms with Gasteiger partial charge >= 0.3 is 0 Å². The summed E-state index contributed by atoms with van der Waals surface area (Å²) < 4.78 is 11.0. The van der Waals surface area contributed by atoms with E-state index < -0.39 is 0 Å². The molecule has 1 rings (SSSR count). The van der Waals surface area contributed by atoms with Crippen LogP contribution in [0, 0.1) is 5.92 Å². The van der Waals surface area contributed by atoms with Gasteiger partial charge in [-0.2, -0.15) is 5.10 Å². The van der Waals surface area contributed by atoms with Crippen LogP contribution in [0.25, 0.3) is 0 Å². The molecule has 5 nitrogen and oxygen atoms in total. The molecular weight excluding hydrogens is 274 g/mol. The lowest BCUT2D eigenvalue weighted by Crippen LogP contribution is -2.28. The number of hydrazone groups is 1. The largest absolute Gasteiger partial charge is 0.493 e.